The van der Waals surface area contributed by atoms with E-state index in [0.717, 1.165) is 23.5 Å². The summed E-state index contributed by atoms with van der Waals surface area (Å²) < 4.78 is 13.0. The molecule has 0 fully saturated rings. The van der Waals surface area contributed by atoms with Crippen LogP contribution in [0.1, 0.15) is 26.2 Å². The fourth-order valence-electron chi connectivity index (χ4n) is 1.70. The third kappa shape index (κ3) is 5.20. The molecule has 0 aliphatic carbocycles. The first-order chi connectivity index (χ1) is 8.98. The Morgan fingerprint density at radius 2 is 2.21 bits per heavy atom. The quantitative estimate of drug-likeness (QED) is 0.570. The fourth-order valence-corrected chi connectivity index (χ4v) is 2.65. The number of nitrogens with two attached hydrogens (primary N) is 1. The number of benzene rings is 1. The number of amides is 1. The standard InChI is InChI=1S/C14H21FN2OS/c1-14(17-2,13(16)18)8-3-4-9-19-12-7-5-6-11(15)10-12/h5-7,10,17H,3-4,8-9H2,1-2H3,(H2,16,18). The van der Waals surface area contributed by atoms with Crippen molar-refractivity contribution < 1.29 is 9.18 Å². The summed E-state index contributed by atoms with van der Waals surface area (Å²) in [5.74, 6) is 0.372. The predicted octanol–water partition coefficient (Wildman–Crippen LogP) is 2.55. The lowest BCUT2D eigenvalue weighted by atomic mass is 9.94. The normalized spacial score (nSPS) is 14.1. The van der Waals surface area contributed by atoms with Crippen molar-refractivity contribution in [1.82, 2.24) is 5.32 Å². The monoisotopic (exact) mass is 284 g/mol. The number of carbonyl (C=O) groups is 1. The van der Waals surface area contributed by atoms with Crippen molar-refractivity contribution in [2.45, 2.75) is 36.6 Å². The zero-order valence-electron chi connectivity index (χ0n) is 11.4. The maximum absolute atomic E-state index is 13.0. The van der Waals surface area contributed by atoms with Gasteiger partial charge in [-0.3, -0.25) is 4.79 Å². The molecule has 1 rings (SSSR count). The summed E-state index contributed by atoms with van der Waals surface area (Å²) in [7, 11) is 1.74. The topological polar surface area (TPSA) is 55.1 Å². The van der Waals surface area contributed by atoms with Crippen LogP contribution in [0.4, 0.5) is 4.39 Å². The highest BCUT2D eigenvalue weighted by Gasteiger charge is 2.27. The Balaban J connectivity index is 2.26. The molecule has 5 heteroatoms. The molecule has 0 aliphatic heterocycles. The molecule has 0 saturated carbocycles. The maximum Gasteiger partial charge on any atom is 0.237 e. The second-order valence-electron chi connectivity index (χ2n) is 4.71. The highest BCUT2D eigenvalue weighted by Crippen LogP contribution is 2.21. The van der Waals surface area contributed by atoms with Crippen LogP contribution >= 0.6 is 11.8 Å². The molecule has 0 radical (unpaired) electrons. The first-order valence-corrected chi connectivity index (χ1v) is 7.34. The maximum atomic E-state index is 13.0. The predicted molar refractivity (Wildman–Crippen MR) is 77.6 cm³/mol. The van der Waals surface area contributed by atoms with Crippen molar-refractivity contribution in [3.63, 3.8) is 0 Å². The van der Waals surface area contributed by atoms with Crippen LogP contribution < -0.4 is 11.1 Å². The van der Waals surface area contributed by atoms with E-state index >= 15 is 0 Å². The second kappa shape index (κ2) is 7.50. The molecular weight excluding hydrogens is 263 g/mol. The Morgan fingerprint density at radius 3 is 2.79 bits per heavy atom. The van der Waals surface area contributed by atoms with Crippen LogP contribution in [0.2, 0.25) is 0 Å². The van der Waals surface area contributed by atoms with Gasteiger partial charge in [-0.2, -0.15) is 0 Å². The minimum Gasteiger partial charge on any atom is -0.368 e. The third-order valence-electron chi connectivity index (χ3n) is 3.23. The van der Waals surface area contributed by atoms with E-state index in [0.29, 0.717) is 6.42 Å². The summed E-state index contributed by atoms with van der Waals surface area (Å²) in [6.07, 6.45) is 2.58. The van der Waals surface area contributed by atoms with Crippen molar-refractivity contribution in [3.05, 3.63) is 30.1 Å². The first kappa shape index (κ1) is 16.0. The summed E-state index contributed by atoms with van der Waals surface area (Å²) >= 11 is 1.62. The number of carbonyl (C=O) groups excluding carboxylic acids is 1. The van der Waals surface area contributed by atoms with E-state index in [-0.39, 0.29) is 11.7 Å². The Bertz CT molecular complexity index is 428. The average Bonchev–Trinajstić information content (AvgIpc) is 2.38. The molecule has 0 saturated heterocycles. The van der Waals surface area contributed by atoms with Crippen molar-refractivity contribution in [2.24, 2.45) is 5.73 Å². The van der Waals surface area contributed by atoms with Gasteiger partial charge in [0, 0.05) is 4.90 Å². The van der Waals surface area contributed by atoms with E-state index in [1.165, 1.54) is 12.1 Å². The van der Waals surface area contributed by atoms with Gasteiger partial charge in [-0.15, -0.1) is 11.8 Å². The highest BCUT2D eigenvalue weighted by molar-refractivity contribution is 7.99. The van der Waals surface area contributed by atoms with E-state index in [1.54, 1.807) is 24.9 Å². The summed E-state index contributed by atoms with van der Waals surface area (Å²) in [6.45, 7) is 1.81. The molecule has 1 unspecified atom stereocenters. The number of nitrogens with one attached hydrogen (secondary N) is 1. The number of hydrogen-bond donors (Lipinski definition) is 2. The first-order valence-electron chi connectivity index (χ1n) is 6.35. The van der Waals surface area contributed by atoms with Crippen LogP contribution in [0.3, 0.4) is 0 Å². The molecule has 0 heterocycles. The Hall–Kier alpha value is -1.07. The molecule has 1 atom stereocenters. The smallest absolute Gasteiger partial charge is 0.237 e. The van der Waals surface area contributed by atoms with Crippen molar-refractivity contribution in [1.29, 1.82) is 0 Å². The van der Waals surface area contributed by atoms with E-state index in [4.69, 9.17) is 5.73 Å². The fraction of sp³-hybridized carbons (Fsp3) is 0.500. The van der Waals surface area contributed by atoms with Gasteiger partial charge in [0.1, 0.15) is 5.82 Å². The van der Waals surface area contributed by atoms with Crippen molar-refractivity contribution in [3.8, 4) is 0 Å². The molecule has 1 amide bonds. The lowest BCUT2D eigenvalue weighted by Gasteiger charge is -2.25. The Labute approximate surface area is 118 Å². The van der Waals surface area contributed by atoms with Gasteiger partial charge in [0.15, 0.2) is 0 Å². The summed E-state index contributed by atoms with van der Waals surface area (Å²) in [4.78, 5) is 12.2. The minimum absolute atomic E-state index is 0.207. The van der Waals surface area contributed by atoms with Crippen LogP contribution in [0, 0.1) is 5.82 Å². The molecule has 1 aromatic rings. The lowest BCUT2D eigenvalue weighted by Crippen LogP contribution is -2.51. The van der Waals surface area contributed by atoms with E-state index in [2.05, 4.69) is 5.32 Å². The van der Waals surface area contributed by atoms with Gasteiger partial charge < -0.3 is 11.1 Å². The van der Waals surface area contributed by atoms with E-state index < -0.39 is 5.54 Å². The number of thioether (sulfide) groups is 1. The van der Waals surface area contributed by atoms with Gasteiger partial charge in [0.2, 0.25) is 5.91 Å². The van der Waals surface area contributed by atoms with Crippen LogP contribution in [0.5, 0.6) is 0 Å². The molecule has 3 nitrogen and oxygen atoms in total. The van der Waals surface area contributed by atoms with Crippen LogP contribution in [0.25, 0.3) is 0 Å². The molecular formula is C14H21FN2OS. The third-order valence-corrected chi connectivity index (χ3v) is 4.31. The Kier molecular flexibility index (Phi) is 6.31. The molecule has 0 bridgehead atoms. The highest BCUT2D eigenvalue weighted by atomic mass is 32.2. The molecule has 19 heavy (non-hydrogen) atoms. The van der Waals surface area contributed by atoms with Gasteiger partial charge in [0.05, 0.1) is 5.54 Å². The van der Waals surface area contributed by atoms with Gasteiger partial charge in [0.25, 0.3) is 0 Å². The number of primary amides is 1. The molecule has 0 aliphatic rings. The lowest BCUT2D eigenvalue weighted by molar-refractivity contribution is -0.123. The van der Waals surface area contributed by atoms with Crippen LogP contribution in [-0.2, 0) is 4.79 Å². The molecule has 3 N–H and O–H groups in total. The number of hydrogen-bond acceptors (Lipinski definition) is 3. The van der Waals surface area contributed by atoms with E-state index in [9.17, 15) is 9.18 Å². The number of halogens is 1. The summed E-state index contributed by atoms with van der Waals surface area (Å²) in [6, 6.07) is 6.58. The molecule has 106 valence electrons. The van der Waals surface area contributed by atoms with Gasteiger partial charge in [-0.05, 0) is 50.8 Å². The van der Waals surface area contributed by atoms with Crippen molar-refractivity contribution in [2.75, 3.05) is 12.8 Å². The van der Waals surface area contributed by atoms with Crippen molar-refractivity contribution >= 4 is 17.7 Å². The SMILES string of the molecule is CNC(C)(CCCCSc1cccc(F)c1)C(N)=O. The second-order valence-corrected chi connectivity index (χ2v) is 5.88. The van der Waals surface area contributed by atoms with Gasteiger partial charge in [-0.1, -0.05) is 12.5 Å². The molecule has 0 spiro atoms. The zero-order chi connectivity index (χ0) is 14.3. The Morgan fingerprint density at radius 1 is 1.47 bits per heavy atom. The van der Waals surface area contributed by atoms with E-state index in [1.807, 2.05) is 13.0 Å². The van der Waals surface area contributed by atoms with Gasteiger partial charge >= 0.3 is 0 Å². The molecule has 0 aromatic heterocycles. The minimum atomic E-state index is -0.635. The number of rotatable bonds is 8. The molecule has 1 aromatic carbocycles. The summed E-state index contributed by atoms with van der Waals surface area (Å²) in [5, 5.41) is 2.96. The zero-order valence-corrected chi connectivity index (χ0v) is 12.2. The number of unbranched alkanes of at least 4 members (excludes halogenated alkanes) is 1. The average molecular weight is 284 g/mol. The van der Waals surface area contributed by atoms with Crippen LogP contribution in [-0.4, -0.2) is 24.2 Å². The largest absolute Gasteiger partial charge is 0.368 e. The number of likely N-dealkylation sites (N-methyl/N-ethyl adjacent to an activating group) is 1. The van der Waals surface area contributed by atoms with Gasteiger partial charge in [-0.25, -0.2) is 4.39 Å². The van der Waals surface area contributed by atoms with Crippen LogP contribution in [0.15, 0.2) is 29.2 Å². The summed E-state index contributed by atoms with van der Waals surface area (Å²) in [5.41, 5.74) is 4.72.